The molecule has 0 saturated carbocycles. The Morgan fingerprint density at radius 2 is 1.94 bits per heavy atom. The van der Waals surface area contributed by atoms with E-state index in [4.69, 9.17) is 9.84 Å². The highest BCUT2D eigenvalue weighted by molar-refractivity contribution is 5.85. The maximum Gasteiger partial charge on any atom is 0.328 e. The van der Waals surface area contributed by atoms with Crippen molar-refractivity contribution in [3.05, 3.63) is 47.1 Å². The van der Waals surface area contributed by atoms with Gasteiger partial charge in [-0.1, -0.05) is 6.58 Å². The van der Waals surface area contributed by atoms with E-state index in [1.54, 1.807) is 6.08 Å². The highest BCUT2D eigenvalue weighted by Gasteiger charge is 2.05. The summed E-state index contributed by atoms with van der Waals surface area (Å²) in [5, 5.41) is 8.59. The minimum Gasteiger partial charge on any atom is -0.489 e. The zero-order valence-corrected chi connectivity index (χ0v) is 11.0. The third-order valence-corrected chi connectivity index (χ3v) is 2.36. The molecule has 0 amide bonds. The first-order valence-electron chi connectivity index (χ1n) is 5.69. The van der Waals surface area contributed by atoms with Gasteiger partial charge in [0, 0.05) is 6.08 Å². The lowest BCUT2D eigenvalue weighted by molar-refractivity contribution is -0.131. The Bertz CT molecular complexity index is 475. The summed E-state index contributed by atoms with van der Waals surface area (Å²) >= 11 is 0. The molecule has 0 aliphatic heterocycles. The topological polar surface area (TPSA) is 46.5 Å². The van der Waals surface area contributed by atoms with Gasteiger partial charge >= 0.3 is 5.97 Å². The van der Waals surface area contributed by atoms with Crippen LogP contribution in [0.5, 0.6) is 5.75 Å². The van der Waals surface area contributed by atoms with Gasteiger partial charge < -0.3 is 9.84 Å². The number of carboxylic acids is 1. The fourth-order valence-electron chi connectivity index (χ4n) is 1.67. The molecule has 0 unspecified atom stereocenters. The fraction of sp³-hybridized carbons (Fsp3) is 0.267. The standard InChI is InChI=1S/C15H18O3/c1-10(2)9-18-15-11(3)7-13(8-12(15)4)5-6-14(16)17/h5-8H,1,9H2,2-4H3,(H,16,17)/b6-5+. The van der Waals surface area contributed by atoms with Crippen LogP contribution in [0.25, 0.3) is 6.08 Å². The van der Waals surface area contributed by atoms with Gasteiger partial charge in [0.25, 0.3) is 0 Å². The predicted octanol–water partition coefficient (Wildman–Crippen LogP) is 3.36. The maximum absolute atomic E-state index is 10.5. The van der Waals surface area contributed by atoms with E-state index in [1.165, 1.54) is 0 Å². The van der Waals surface area contributed by atoms with Crippen LogP contribution >= 0.6 is 0 Å². The molecule has 0 aliphatic rings. The van der Waals surface area contributed by atoms with Crippen LogP contribution in [0.4, 0.5) is 0 Å². The molecule has 0 atom stereocenters. The van der Waals surface area contributed by atoms with Crippen LogP contribution in [0.1, 0.15) is 23.6 Å². The van der Waals surface area contributed by atoms with E-state index in [0.29, 0.717) is 6.61 Å². The molecule has 0 aliphatic carbocycles. The van der Waals surface area contributed by atoms with Gasteiger partial charge in [0.15, 0.2) is 0 Å². The van der Waals surface area contributed by atoms with Gasteiger partial charge in [-0.2, -0.15) is 0 Å². The number of hydrogen-bond acceptors (Lipinski definition) is 2. The third-order valence-electron chi connectivity index (χ3n) is 2.36. The molecule has 1 N–H and O–H groups in total. The number of carboxylic acid groups (broad SMARTS) is 1. The van der Waals surface area contributed by atoms with Crippen molar-refractivity contribution in [2.75, 3.05) is 6.61 Å². The Hall–Kier alpha value is -2.03. The number of ether oxygens (including phenoxy) is 1. The number of rotatable bonds is 5. The van der Waals surface area contributed by atoms with Crippen LogP contribution in [0.3, 0.4) is 0 Å². The molecule has 0 radical (unpaired) electrons. The summed E-state index contributed by atoms with van der Waals surface area (Å²) in [5.41, 5.74) is 3.79. The van der Waals surface area contributed by atoms with Crippen molar-refractivity contribution in [3.8, 4) is 5.75 Å². The zero-order valence-electron chi connectivity index (χ0n) is 11.0. The molecule has 1 aromatic carbocycles. The van der Waals surface area contributed by atoms with Crippen molar-refractivity contribution in [1.29, 1.82) is 0 Å². The lowest BCUT2D eigenvalue weighted by Gasteiger charge is -2.13. The van der Waals surface area contributed by atoms with Crippen molar-refractivity contribution >= 4 is 12.0 Å². The summed E-state index contributed by atoms with van der Waals surface area (Å²) in [5.74, 6) is -0.113. The smallest absolute Gasteiger partial charge is 0.328 e. The Balaban J connectivity index is 2.97. The summed E-state index contributed by atoms with van der Waals surface area (Å²) in [6, 6.07) is 3.81. The summed E-state index contributed by atoms with van der Waals surface area (Å²) in [4.78, 5) is 10.5. The van der Waals surface area contributed by atoms with E-state index in [1.807, 2.05) is 32.9 Å². The normalized spacial score (nSPS) is 10.6. The van der Waals surface area contributed by atoms with Crippen molar-refractivity contribution < 1.29 is 14.6 Å². The number of benzene rings is 1. The Labute approximate surface area is 107 Å². The van der Waals surface area contributed by atoms with E-state index < -0.39 is 5.97 Å². The highest BCUT2D eigenvalue weighted by atomic mass is 16.5. The predicted molar refractivity (Wildman–Crippen MR) is 72.9 cm³/mol. The van der Waals surface area contributed by atoms with E-state index in [-0.39, 0.29) is 0 Å². The quantitative estimate of drug-likeness (QED) is 0.640. The maximum atomic E-state index is 10.5. The van der Waals surface area contributed by atoms with Crippen LogP contribution in [0, 0.1) is 13.8 Å². The molecule has 0 saturated heterocycles. The number of aliphatic carboxylic acids is 1. The van der Waals surface area contributed by atoms with Gasteiger partial charge in [0.05, 0.1) is 0 Å². The monoisotopic (exact) mass is 246 g/mol. The van der Waals surface area contributed by atoms with E-state index in [2.05, 4.69) is 6.58 Å². The molecule has 0 bridgehead atoms. The molecule has 0 aromatic heterocycles. The molecule has 1 rings (SSSR count). The van der Waals surface area contributed by atoms with Crippen LogP contribution < -0.4 is 4.74 Å². The first-order chi connectivity index (χ1) is 8.40. The molecule has 96 valence electrons. The van der Waals surface area contributed by atoms with E-state index >= 15 is 0 Å². The molecule has 1 aromatic rings. The molecule has 0 heterocycles. The SMILES string of the molecule is C=C(C)COc1c(C)cc(/C=C/C(=O)O)cc1C. The van der Waals surface area contributed by atoms with Gasteiger partial charge in [-0.15, -0.1) is 0 Å². The summed E-state index contributed by atoms with van der Waals surface area (Å²) in [7, 11) is 0. The molecule has 3 heteroatoms. The van der Waals surface area contributed by atoms with Gasteiger partial charge in [-0.05, 0) is 61.2 Å². The number of aryl methyl sites for hydroxylation is 2. The molecule has 0 fully saturated rings. The van der Waals surface area contributed by atoms with Crippen molar-refractivity contribution in [3.63, 3.8) is 0 Å². The van der Waals surface area contributed by atoms with Crippen molar-refractivity contribution in [2.24, 2.45) is 0 Å². The lowest BCUT2D eigenvalue weighted by Crippen LogP contribution is -2.01. The summed E-state index contributed by atoms with van der Waals surface area (Å²) in [6.45, 7) is 10.1. The second-order valence-electron chi connectivity index (χ2n) is 4.40. The van der Waals surface area contributed by atoms with E-state index in [0.717, 1.165) is 34.1 Å². The van der Waals surface area contributed by atoms with Crippen LogP contribution in [-0.4, -0.2) is 17.7 Å². The minimum atomic E-state index is -0.951. The fourth-order valence-corrected chi connectivity index (χ4v) is 1.67. The average Bonchev–Trinajstić information content (AvgIpc) is 2.24. The number of hydrogen-bond donors (Lipinski definition) is 1. The van der Waals surface area contributed by atoms with Gasteiger partial charge in [0.2, 0.25) is 0 Å². The Morgan fingerprint density at radius 1 is 1.39 bits per heavy atom. The van der Waals surface area contributed by atoms with Gasteiger partial charge in [-0.25, -0.2) is 4.79 Å². The lowest BCUT2D eigenvalue weighted by atomic mass is 10.1. The second-order valence-corrected chi connectivity index (χ2v) is 4.40. The summed E-state index contributed by atoms with van der Waals surface area (Å²) < 4.78 is 5.67. The van der Waals surface area contributed by atoms with E-state index in [9.17, 15) is 4.79 Å². The Morgan fingerprint density at radius 3 is 2.39 bits per heavy atom. The third kappa shape index (κ3) is 4.09. The highest BCUT2D eigenvalue weighted by Crippen LogP contribution is 2.25. The van der Waals surface area contributed by atoms with Gasteiger partial charge in [-0.3, -0.25) is 0 Å². The first kappa shape index (κ1) is 14.0. The van der Waals surface area contributed by atoms with Crippen LogP contribution in [-0.2, 0) is 4.79 Å². The summed E-state index contributed by atoms with van der Waals surface area (Å²) in [6.07, 6.45) is 2.70. The second kappa shape index (κ2) is 6.05. The molecular formula is C15H18O3. The van der Waals surface area contributed by atoms with Crippen molar-refractivity contribution in [2.45, 2.75) is 20.8 Å². The minimum absolute atomic E-state index is 0.492. The van der Waals surface area contributed by atoms with Gasteiger partial charge in [0.1, 0.15) is 12.4 Å². The number of carbonyl (C=O) groups is 1. The molecule has 0 spiro atoms. The molecule has 18 heavy (non-hydrogen) atoms. The zero-order chi connectivity index (χ0) is 13.7. The van der Waals surface area contributed by atoms with Crippen molar-refractivity contribution in [1.82, 2.24) is 0 Å². The average molecular weight is 246 g/mol. The molecular weight excluding hydrogens is 228 g/mol. The molecule has 3 nitrogen and oxygen atoms in total. The largest absolute Gasteiger partial charge is 0.489 e. The Kier molecular flexibility index (Phi) is 4.72. The van der Waals surface area contributed by atoms with Crippen LogP contribution in [0.15, 0.2) is 30.4 Å². The first-order valence-corrected chi connectivity index (χ1v) is 5.69. The van der Waals surface area contributed by atoms with Crippen LogP contribution in [0.2, 0.25) is 0 Å².